The molecule has 0 aromatic heterocycles. The van der Waals surface area contributed by atoms with Gasteiger partial charge in [0.25, 0.3) is 0 Å². The molecule has 1 heterocycles. The second kappa shape index (κ2) is 7.50. The van der Waals surface area contributed by atoms with Crippen LogP contribution in [0.4, 0.5) is 17.1 Å². The Morgan fingerprint density at radius 3 is 2.00 bits per heavy atom. The average Bonchev–Trinajstić information content (AvgIpc) is 2.71. The van der Waals surface area contributed by atoms with E-state index in [4.69, 9.17) is 4.74 Å². The van der Waals surface area contributed by atoms with Gasteiger partial charge in [0.1, 0.15) is 0 Å². The minimum Gasteiger partial charge on any atom is -0.453 e. The second-order valence-electron chi connectivity index (χ2n) is 9.26. The molecule has 2 nitrogen and oxygen atoms in total. The third kappa shape index (κ3) is 3.39. The molecule has 0 aliphatic carbocycles. The summed E-state index contributed by atoms with van der Waals surface area (Å²) in [5.41, 5.74) is 10.1. The molecule has 1 aliphatic heterocycles. The van der Waals surface area contributed by atoms with Gasteiger partial charge in [0.2, 0.25) is 0 Å². The van der Waals surface area contributed by atoms with Crippen LogP contribution in [0.2, 0.25) is 0 Å². The number of anilines is 3. The number of hydrogen-bond acceptors (Lipinski definition) is 2. The molecule has 0 radical (unpaired) electrons. The van der Waals surface area contributed by atoms with Crippen molar-refractivity contribution in [2.75, 3.05) is 4.90 Å². The SMILES string of the molecule is CCc1cc(C)c(N2c3ccc(C)cc3Oc3cc(C(C)(C)CC)ccc32)c(C)c1. The number of fused-ring (bicyclic) bond motifs is 2. The van der Waals surface area contributed by atoms with Crippen LogP contribution in [-0.4, -0.2) is 0 Å². The van der Waals surface area contributed by atoms with Crippen LogP contribution in [0.5, 0.6) is 11.5 Å². The average molecular weight is 400 g/mol. The molecule has 0 bridgehead atoms. The van der Waals surface area contributed by atoms with Crippen LogP contribution in [0.15, 0.2) is 48.5 Å². The summed E-state index contributed by atoms with van der Waals surface area (Å²) in [4.78, 5) is 2.39. The Balaban J connectivity index is 1.96. The number of hydrogen-bond donors (Lipinski definition) is 0. The van der Waals surface area contributed by atoms with E-state index in [9.17, 15) is 0 Å². The van der Waals surface area contributed by atoms with Gasteiger partial charge < -0.3 is 9.64 Å². The van der Waals surface area contributed by atoms with Crippen LogP contribution in [0, 0.1) is 20.8 Å². The minimum atomic E-state index is 0.116. The van der Waals surface area contributed by atoms with E-state index in [0.717, 1.165) is 35.7 Å². The lowest BCUT2D eigenvalue weighted by molar-refractivity contribution is 0.466. The normalized spacial score (nSPS) is 13.0. The van der Waals surface area contributed by atoms with Crippen molar-refractivity contribution in [3.63, 3.8) is 0 Å². The Kier molecular flexibility index (Phi) is 5.13. The molecule has 0 atom stereocenters. The number of nitrogens with zero attached hydrogens (tertiary/aromatic N) is 1. The van der Waals surface area contributed by atoms with Gasteiger partial charge in [-0.2, -0.15) is 0 Å². The second-order valence-corrected chi connectivity index (χ2v) is 9.26. The molecular formula is C28H33NO. The molecule has 0 fully saturated rings. The Morgan fingerprint density at radius 2 is 1.40 bits per heavy atom. The van der Waals surface area contributed by atoms with Gasteiger partial charge >= 0.3 is 0 Å². The zero-order valence-electron chi connectivity index (χ0n) is 19.4. The van der Waals surface area contributed by atoms with E-state index in [1.807, 2.05) is 0 Å². The van der Waals surface area contributed by atoms with Gasteiger partial charge in [-0.05, 0) is 91.1 Å². The monoisotopic (exact) mass is 399 g/mol. The standard InChI is InChI=1S/C28H33NO/c1-8-21-15-19(4)27(20(5)16-21)29-23-12-10-18(3)14-25(23)30-26-17-22(11-13-24(26)29)28(6,7)9-2/h10-17H,8-9H2,1-7H3. The van der Waals surface area contributed by atoms with Crippen molar-refractivity contribution in [2.45, 2.75) is 66.7 Å². The Hall–Kier alpha value is -2.74. The molecule has 0 unspecified atom stereocenters. The van der Waals surface area contributed by atoms with Crippen molar-refractivity contribution in [1.82, 2.24) is 0 Å². The molecule has 0 spiro atoms. The number of aryl methyl sites for hydroxylation is 4. The van der Waals surface area contributed by atoms with E-state index in [-0.39, 0.29) is 5.41 Å². The Bertz CT molecular complexity index is 1090. The molecule has 156 valence electrons. The summed E-state index contributed by atoms with van der Waals surface area (Å²) in [5, 5.41) is 0. The Morgan fingerprint density at radius 1 is 0.800 bits per heavy atom. The molecule has 3 aromatic carbocycles. The van der Waals surface area contributed by atoms with Crippen LogP contribution < -0.4 is 9.64 Å². The van der Waals surface area contributed by atoms with Crippen molar-refractivity contribution in [3.8, 4) is 11.5 Å². The summed E-state index contributed by atoms with van der Waals surface area (Å²) in [6.07, 6.45) is 2.13. The van der Waals surface area contributed by atoms with Gasteiger partial charge in [0, 0.05) is 0 Å². The van der Waals surface area contributed by atoms with Gasteiger partial charge in [-0.1, -0.05) is 52.0 Å². The predicted molar refractivity (Wildman–Crippen MR) is 128 cm³/mol. The highest BCUT2D eigenvalue weighted by Gasteiger charge is 2.30. The lowest BCUT2D eigenvalue weighted by atomic mass is 9.82. The number of benzene rings is 3. The molecule has 0 saturated carbocycles. The first-order chi connectivity index (χ1) is 14.2. The first-order valence-corrected chi connectivity index (χ1v) is 11.1. The van der Waals surface area contributed by atoms with E-state index in [1.54, 1.807) is 0 Å². The van der Waals surface area contributed by atoms with E-state index in [0.29, 0.717) is 0 Å². The van der Waals surface area contributed by atoms with Gasteiger partial charge in [-0.15, -0.1) is 0 Å². The molecule has 0 N–H and O–H groups in total. The first kappa shape index (κ1) is 20.5. The minimum absolute atomic E-state index is 0.116. The third-order valence-corrected chi connectivity index (χ3v) is 6.62. The highest BCUT2D eigenvalue weighted by atomic mass is 16.5. The van der Waals surface area contributed by atoms with Crippen molar-refractivity contribution in [3.05, 3.63) is 76.3 Å². The van der Waals surface area contributed by atoms with Crippen LogP contribution in [0.3, 0.4) is 0 Å². The van der Waals surface area contributed by atoms with Crippen LogP contribution in [0.1, 0.15) is 61.9 Å². The maximum absolute atomic E-state index is 6.47. The summed E-state index contributed by atoms with van der Waals surface area (Å²) in [6.45, 7) is 15.6. The molecule has 30 heavy (non-hydrogen) atoms. The van der Waals surface area contributed by atoms with Crippen molar-refractivity contribution < 1.29 is 4.74 Å². The number of rotatable bonds is 4. The van der Waals surface area contributed by atoms with Gasteiger partial charge in [-0.3, -0.25) is 0 Å². The van der Waals surface area contributed by atoms with E-state index < -0.39 is 0 Å². The summed E-state index contributed by atoms with van der Waals surface area (Å²) in [5.74, 6) is 1.86. The zero-order valence-corrected chi connectivity index (χ0v) is 19.4. The van der Waals surface area contributed by atoms with Crippen molar-refractivity contribution >= 4 is 17.1 Å². The largest absolute Gasteiger partial charge is 0.453 e. The maximum Gasteiger partial charge on any atom is 0.151 e. The van der Waals surface area contributed by atoms with E-state index in [1.165, 1.54) is 33.5 Å². The van der Waals surface area contributed by atoms with Gasteiger partial charge in [0.15, 0.2) is 11.5 Å². The summed E-state index contributed by atoms with van der Waals surface area (Å²) >= 11 is 0. The molecule has 4 rings (SSSR count). The predicted octanol–water partition coefficient (Wildman–Crippen LogP) is 8.44. The van der Waals surface area contributed by atoms with Crippen molar-refractivity contribution in [2.24, 2.45) is 0 Å². The summed E-state index contributed by atoms with van der Waals surface area (Å²) < 4.78 is 6.47. The highest BCUT2D eigenvalue weighted by Crippen LogP contribution is 2.53. The molecular weight excluding hydrogens is 366 g/mol. The zero-order chi connectivity index (χ0) is 21.6. The third-order valence-electron chi connectivity index (χ3n) is 6.62. The fourth-order valence-corrected chi connectivity index (χ4v) is 4.39. The molecule has 2 heteroatoms. The van der Waals surface area contributed by atoms with Crippen LogP contribution in [-0.2, 0) is 11.8 Å². The van der Waals surface area contributed by atoms with Crippen LogP contribution in [0.25, 0.3) is 0 Å². The molecule has 0 saturated heterocycles. The van der Waals surface area contributed by atoms with E-state index in [2.05, 4.69) is 102 Å². The van der Waals surface area contributed by atoms with Crippen LogP contribution >= 0.6 is 0 Å². The topological polar surface area (TPSA) is 12.5 Å². The quantitative estimate of drug-likeness (QED) is 0.341. The van der Waals surface area contributed by atoms with E-state index >= 15 is 0 Å². The highest BCUT2D eigenvalue weighted by molar-refractivity contribution is 5.88. The maximum atomic E-state index is 6.47. The van der Waals surface area contributed by atoms with Gasteiger partial charge in [-0.25, -0.2) is 0 Å². The number of ether oxygens (including phenoxy) is 1. The molecule has 0 amide bonds. The molecule has 3 aromatic rings. The van der Waals surface area contributed by atoms with Crippen molar-refractivity contribution in [1.29, 1.82) is 0 Å². The van der Waals surface area contributed by atoms with Gasteiger partial charge in [0.05, 0.1) is 17.1 Å². The first-order valence-electron chi connectivity index (χ1n) is 11.1. The summed E-state index contributed by atoms with van der Waals surface area (Å²) in [7, 11) is 0. The summed E-state index contributed by atoms with van der Waals surface area (Å²) in [6, 6.07) is 17.9. The lowest BCUT2D eigenvalue weighted by Gasteiger charge is -2.36. The smallest absolute Gasteiger partial charge is 0.151 e. The fourth-order valence-electron chi connectivity index (χ4n) is 4.39. The molecule has 1 aliphatic rings. The fraction of sp³-hybridized carbons (Fsp3) is 0.357. The Labute approximate surface area is 181 Å². The lowest BCUT2D eigenvalue weighted by Crippen LogP contribution is -2.20.